The lowest BCUT2D eigenvalue weighted by atomic mass is 10.3. The lowest BCUT2D eigenvalue weighted by Crippen LogP contribution is -1.94. The van der Waals surface area contributed by atoms with Gasteiger partial charge >= 0.3 is 0 Å². The zero-order valence-electron chi connectivity index (χ0n) is 14.4. The second-order valence-electron chi connectivity index (χ2n) is 5.97. The summed E-state index contributed by atoms with van der Waals surface area (Å²) >= 11 is 1.59. The zero-order chi connectivity index (χ0) is 18.2. The van der Waals surface area contributed by atoms with Crippen LogP contribution >= 0.6 is 11.3 Å². The van der Waals surface area contributed by atoms with Crippen molar-refractivity contribution in [1.29, 1.82) is 0 Å². The van der Waals surface area contributed by atoms with Crippen molar-refractivity contribution < 1.29 is 8.94 Å². The molecule has 5 rings (SSSR count). The first-order valence-electron chi connectivity index (χ1n) is 8.38. The molecule has 0 amide bonds. The molecule has 0 fully saturated rings. The quantitative estimate of drug-likeness (QED) is 0.432. The van der Waals surface area contributed by atoms with Crippen LogP contribution in [-0.4, -0.2) is 19.9 Å². The predicted molar refractivity (Wildman–Crippen MR) is 105 cm³/mol. The first-order chi connectivity index (χ1) is 13.3. The Morgan fingerprint density at radius 2 is 1.96 bits per heavy atom. The average molecular weight is 374 g/mol. The Bertz CT molecular complexity index is 1230. The molecule has 0 saturated carbocycles. The molecule has 0 N–H and O–H groups in total. The third kappa shape index (κ3) is 2.88. The molecule has 0 radical (unpaired) electrons. The van der Waals surface area contributed by atoms with Gasteiger partial charge in [-0.25, -0.2) is 4.68 Å². The van der Waals surface area contributed by atoms with E-state index in [9.17, 15) is 0 Å². The first kappa shape index (κ1) is 15.8. The van der Waals surface area contributed by atoms with E-state index in [1.165, 1.54) is 0 Å². The van der Waals surface area contributed by atoms with Gasteiger partial charge in [-0.15, -0.1) is 11.3 Å². The topological polar surface area (TPSA) is 69.9 Å². The molecule has 27 heavy (non-hydrogen) atoms. The van der Waals surface area contributed by atoms with Gasteiger partial charge < -0.3 is 8.94 Å². The van der Waals surface area contributed by atoms with Gasteiger partial charge in [0, 0.05) is 11.5 Å². The second-order valence-corrected chi connectivity index (χ2v) is 7.00. The van der Waals surface area contributed by atoms with Crippen molar-refractivity contribution in [2.75, 3.05) is 0 Å². The van der Waals surface area contributed by atoms with Crippen molar-refractivity contribution in [2.24, 2.45) is 0 Å². The molecule has 0 saturated heterocycles. The van der Waals surface area contributed by atoms with Crippen LogP contribution in [0, 0.1) is 6.92 Å². The Morgan fingerprint density at radius 1 is 1.07 bits per heavy atom. The van der Waals surface area contributed by atoms with Crippen molar-refractivity contribution >= 4 is 33.7 Å². The fourth-order valence-electron chi connectivity index (χ4n) is 2.84. The summed E-state index contributed by atoms with van der Waals surface area (Å²) in [4.78, 5) is 6.46. The van der Waals surface area contributed by atoms with Crippen LogP contribution < -0.4 is 0 Å². The number of fused-ring (bicyclic) bond motifs is 1. The number of rotatable bonds is 4. The van der Waals surface area contributed by atoms with Gasteiger partial charge in [-0.2, -0.15) is 10.1 Å². The Morgan fingerprint density at radius 3 is 2.78 bits per heavy atom. The van der Waals surface area contributed by atoms with Crippen LogP contribution in [0.1, 0.15) is 17.3 Å². The van der Waals surface area contributed by atoms with Crippen molar-refractivity contribution in [3.8, 4) is 16.4 Å². The van der Waals surface area contributed by atoms with Crippen molar-refractivity contribution in [3.63, 3.8) is 0 Å². The van der Waals surface area contributed by atoms with Gasteiger partial charge in [0.2, 0.25) is 5.82 Å². The van der Waals surface area contributed by atoms with Crippen LogP contribution in [0.25, 0.3) is 38.8 Å². The summed E-state index contributed by atoms with van der Waals surface area (Å²) in [6, 6.07) is 15.8. The molecule has 0 spiro atoms. The van der Waals surface area contributed by atoms with Gasteiger partial charge in [-0.3, -0.25) is 0 Å². The average Bonchev–Trinajstić information content (AvgIpc) is 3.47. The van der Waals surface area contributed by atoms with Gasteiger partial charge in [0.1, 0.15) is 10.6 Å². The van der Waals surface area contributed by atoms with E-state index in [0.717, 1.165) is 32.2 Å². The predicted octanol–water partition coefficient (Wildman–Crippen LogP) is 5.21. The molecule has 0 aliphatic heterocycles. The van der Waals surface area contributed by atoms with Crippen LogP contribution in [0.4, 0.5) is 0 Å². The zero-order valence-corrected chi connectivity index (χ0v) is 15.2. The highest BCUT2D eigenvalue weighted by molar-refractivity contribution is 7.21. The molecule has 4 heterocycles. The minimum absolute atomic E-state index is 0.431. The molecule has 5 aromatic rings. The molecule has 132 valence electrons. The van der Waals surface area contributed by atoms with E-state index in [1.807, 2.05) is 54.1 Å². The Kier molecular flexibility index (Phi) is 3.72. The number of hydrogen-bond donors (Lipinski definition) is 0. The third-order valence-corrected chi connectivity index (χ3v) is 5.25. The van der Waals surface area contributed by atoms with Gasteiger partial charge in [0.25, 0.3) is 5.89 Å². The molecule has 0 bridgehead atoms. The van der Waals surface area contributed by atoms with Crippen LogP contribution in [0.5, 0.6) is 0 Å². The number of aromatic nitrogens is 4. The van der Waals surface area contributed by atoms with Gasteiger partial charge in [0.15, 0.2) is 0 Å². The van der Waals surface area contributed by atoms with Crippen molar-refractivity contribution in [3.05, 3.63) is 72.1 Å². The van der Waals surface area contributed by atoms with E-state index in [1.54, 1.807) is 29.8 Å². The van der Waals surface area contributed by atoms with Crippen molar-refractivity contribution in [2.45, 2.75) is 6.92 Å². The molecule has 0 aliphatic rings. The van der Waals surface area contributed by atoms with E-state index in [4.69, 9.17) is 8.94 Å². The maximum absolute atomic E-state index is 5.33. The van der Waals surface area contributed by atoms with E-state index >= 15 is 0 Å². The summed E-state index contributed by atoms with van der Waals surface area (Å²) in [7, 11) is 0. The normalized spacial score (nSPS) is 11.7. The number of benzene rings is 1. The minimum atomic E-state index is 0.431. The number of hydrogen-bond acceptors (Lipinski definition) is 6. The lowest BCUT2D eigenvalue weighted by Gasteiger charge is -2.00. The van der Waals surface area contributed by atoms with E-state index in [2.05, 4.69) is 21.3 Å². The van der Waals surface area contributed by atoms with Gasteiger partial charge in [-0.1, -0.05) is 23.4 Å². The van der Waals surface area contributed by atoms with E-state index in [0.29, 0.717) is 11.7 Å². The first-order valence-corrected chi connectivity index (χ1v) is 9.20. The summed E-state index contributed by atoms with van der Waals surface area (Å²) in [5.41, 5.74) is 2.00. The summed E-state index contributed by atoms with van der Waals surface area (Å²) in [5, 5.41) is 9.86. The Balaban J connectivity index is 1.51. The highest BCUT2D eigenvalue weighted by atomic mass is 32.1. The van der Waals surface area contributed by atoms with Crippen molar-refractivity contribution in [1.82, 2.24) is 19.9 Å². The fourth-order valence-corrected chi connectivity index (χ4v) is 3.95. The van der Waals surface area contributed by atoms with Gasteiger partial charge in [-0.05, 0) is 43.3 Å². The number of nitrogens with zero attached hydrogens (tertiary/aromatic N) is 4. The standard InChI is InChI=1S/C20H14N4O2S/c1-13-16-12-17(27-20(16)24(22-13)14-6-3-2-4-7-14)19-21-18(26-23-19)10-9-15-8-5-11-25-15/h2-12H,1H3. The highest BCUT2D eigenvalue weighted by Crippen LogP contribution is 2.35. The van der Waals surface area contributed by atoms with E-state index < -0.39 is 0 Å². The largest absolute Gasteiger partial charge is 0.465 e. The number of furan rings is 1. The van der Waals surface area contributed by atoms with Crippen LogP contribution in [0.2, 0.25) is 0 Å². The molecular weight excluding hydrogens is 360 g/mol. The third-order valence-electron chi connectivity index (χ3n) is 4.14. The monoisotopic (exact) mass is 374 g/mol. The maximum atomic E-state index is 5.33. The summed E-state index contributed by atoms with van der Waals surface area (Å²) in [5.74, 6) is 1.73. The molecule has 6 nitrogen and oxygen atoms in total. The Labute approximate surface area is 158 Å². The SMILES string of the molecule is Cc1nn(-c2ccccc2)c2sc(-c3noc(C=Cc4ccco4)n3)cc12. The molecule has 1 aromatic carbocycles. The second kappa shape index (κ2) is 6.37. The summed E-state index contributed by atoms with van der Waals surface area (Å²) < 4.78 is 12.5. The minimum Gasteiger partial charge on any atom is -0.465 e. The summed E-state index contributed by atoms with van der Waals surface area (Å²) in [6.45, 7) is 2.01. The summed E-state index contributed by atoms with van der Waals surface area (Å²) in [6.07, 6.45) is 5.15. The fraction of sp³-hybridized carbons (Fsp3) is 0.0500. The van der Waals surface area contributed by atoms with Crippen LogP contribution in [-0.2, 0) is 0 Å². The molecule has 0 aliphatic carbocycles. The van der Waals surface area contributed by atoms with Crippen LogP contribution in [0.3, 0.4) is 0 Å². The molecule has 7 heteroatoms. The maximum Gasteiger partial charge on any atom is 0.251 e. The molecular formula is C20H14N4O2S. The highest BCUT2D eigenvalue weighted by Gasteiger charge is 2.17. The molecule has 0 unspecified atom stereocenters. The lowest BCUT2D eigenvalue weighted by molar-refractivity contribution is 0.411. The number of para-hydroxylation sites is 1. The van der Waals surface area contributed by atoms with Crippen LogP contribution in [0.15, 0.2) is 63.7 Å². The number of aryl methyl sites for hydroxylation is 1. The van der Waals surface area contributed by atoms with Gasteiger partial charge in [0.05, 0.1) is 22.5 Å². The molecule has 4 aromatic heterocycles. The molecule has 0 atom stereocenters. The Hall–Kier alpha value is -3.45. The van der Waals surface area contributed by atoms with E-state index in [-0.39, 0.29) is 0 Å². The smallest absolute Gasteiger partial charge is 0.251 e. The number of thiophene rings is 1.